The van der Waals surface area contributed by atoms with E-state index in [0.29, 0.717) is 11.6 Å². The lowest BCUT2D eigenvalue weighted by Gasteiger charge is -2.24. The van der Waals surface area contributed by atoms with Crippen molar-refractivity contribution in [2.45, 2.75) is 12.6 Å². The standard InChI is InChI=1S/C18H16ClNO2/c19-16-10-8-15(9-11-16)17-7-4-12-20(17)18(21)22-13-14-5-2-1-3-6-14/h1-11,17H,12-13H2. The summed E-state index contributed by atoms with van der Waals surface area (Å²) in [4.78, 5) is 14.0. The van der Waals surface area contributed by atoms with E-state index in [1.807, 2.05) is 66.7 Å². The van der Waals surface area contributed by atoms with Crippen molar-refractivity contribution in [1.29, 1.82) is 0 Å². The van der Waals surface area contributed by atoms with Crippen molar-refractivity contribution in [2.24, 2.45) is 0 Å². The largest absolute Gasteiger partial charge is 0.445 e. The number of nitrogens with zero attached hydrogens (tertiary/aromatic N) is 1. The Kier molecular flexibility index (Phi) is 4.45. The van der Waals surface area contributed by atoms with Crippen molar-refractivity contribution in [3.05, 3.63) is 82.9 Å². The molecule has 3 nitrogen and oxygen atoms in total. The zero-order chi connectivity index (χ0) is 15.4. The monoisotopic (exact) mass is 313 g/mol. The molecule has 0 bridgehead atoms. The van der Waals surface area contributed by atoms with Gasteiger partial charge in [0.25, 0.3) is 0 Å². The van der Waals surface area contributed by atoms with Crippen LogP contribution in [0.5, 0.6) is 0 Å². The molecule has 112 valence electrons. The number of carbonyl (C=O) groups is 1. The first-order valence-electron chi connectivity index (χ1n) is 7.13. The first kappa shape index (κ1) is 14.7. The predicted molar refractivity (Wildman–Crippen MR) is 86.7 cm³/mol. The predicted octanol–water partition coefficient (Wildman–Crippen LogP) is 4.59. The minimum Gasteiger partial charge on any atom is -0.445 e. The molecule has 1 unspecified atom stereocenters. The third-order valence-electron chi connectivity index (χ3n) is 3.61. The van der Waals surface area contributed by atoms with Gasteiger partial charge in [-0.1, -0.05) is 66.2 Å². The summed E-state index contributed by atoms with van der Waals surface area (Å²) in [6.45, 7) is 0.838. The normalized spacial score (nSPS) is 16.8. The minimum absolute atomic E-state index is 0.0967. The van der Waals surface area contributed by atoms with Crippen molar-refractivity contribution in [1.82, 2.24) is 4.90 Å². The fourth-order valence-corrected chi connectivity index (χ4v) is 2.59. The van der Waals surface area contributed by atoms with Crippen molar-refractivity contribution in [3.8, 4) is 0 Å². The Morgan fingerprint density at radius 2 is 1.86 bits per heavy atom. The van der Waals surface area contributed by atoms with E-state index < -0.39 is 0 Å². The molecule has 2 aromatic carbocycles. The van der Waals surface area contributed by atoms with E-state index in [4.69, 9.17) is 16.3 Å². The van der Waals surface area contributed by atoms with Crippen LogP contribution >= 0.6 is 11.6 Å². The summed E-state index contributed by atoms with van der Waals surface area (Å²) in [7, 11) is 0. The molecular formula is C18H16ClNO2. The SMILES string of the molecule is O=C(OCc1ccccc1)N1CC=CC1c1ccc(Cl)cc1. The minimum atomic E-state index is -0.311. The molecule has 22 heavy (non-hydrogen) atoms. The molecule has 1 atom stereocenters. The lowest BCUT2D eigenvalue weighted by Crippen LogP contribution is -2.31. The lowest BCUT2D eigenvalue weighted by atomic mass is 10.1. The summed E-state index contributed by atoms with van der Waals surface area (Å²) in [6, 6.07) is 17.1. The molecule has 0 saturated carbocycles. The molecule has 4 heteroatoms. The van der Waals surface area contributed by atoms with Crippen molar-refractivity contribution >= 4 is 17.7 Å². The number of rotatable bonds is 3. The second-order valence-corrected chi connectivity index (χ2v) is 5.55. The van der Waals surface area contributed by atoms with Crippen LogP contribution in [-0.4, -0.2) is 17.5 Å². The van der Waals surface area contributed by atoms with E-state index in [1.165, 1.54) is 0 Å². The fourth-order valence-electron chi connectivity index (χ4n) is 2.46. The van der Waals surface area contributed by atoms with Gasteiger partial charge in [0.1, 0.15) is 6.61 Å². The number of benzene rings is 2. The molecular weight excluding hydrogens is 298 g/mol. The van der Waals surface area contributed by atoms with Crippen LogP contribution < -0.4 is 0 Å². The van der Waals surface area contributed by atoms with Gasteiger partial charge in [0, 0.05) is 11.6 Å². The summed E-state index contributed by atoms with van der Waals surface area (Å²) >= 11 is 5.91. The van der Waals surface area contributed by atoms with Gasteiger partial charge in [0.2, 0.25) is 0 Å². The van der Waals surface area contributed by atoms with Gasteiger partial charge in [-0.15, -0.1) is 0 Å². The van der Waals surface area contributed by atoms with Crippen molar-refractivity contribution in [2.75, 3.05) is 6.54 Å². The Balaban J connectivity index is 1.65. The third-order valence-corrected chi connectivity index (χ3v) is 3.86. The maximum atomic E-state index is 12.3. The smallest absolute Gasteiger partial charge is 0.411 e. The van der Waals surface area contributed by atoms with E-state index in [1.54, 1.807) is 4.90 Å². The number of hydrogen-bond donors (Lipinski definition) is 0. The molecule has 1 heterocycles. The highest BCUT2D eigenvalue weighted by molar-refractivity contribution is 6.30. The molecule has 1 aliphatic rings. The van der Waals surface area contributed by atoms with Crippen LogP contribution in [0, 0.1) is 0 Å². The Hall–Kier alpha value is -2.26. The van der Waals surface area contributed by atoms with Gasteiger partial charge in [-0.05, 0) is 23.3 Å². The van der Waals surface area contributed by atoms with Crippen LogP contribution in [0.4, 0.5) is 4.79 Å². The van der Waals surface area contributed by atoms with E-state index in [-0.39, 0.29) is 18.7 Å². The average molecular weight is 314 g/mol. The van der Waals surface area contributed by atoms with Gasteiger partial charge < -0.3 is 4.74 Å². The molecule has 0 saturated heterocycles. The molecule has 2 aromatic rings. The van der Waals surface area contributed by atoms with E-state index in [2.05, 4.69) is 0 Å². The first-order chi connectivity index (χ1) is 10.7. The maximum absolute atomic E-state index is 12.3. The Morgan fingerprint density at radius 1 is 1.14 bits per heavy atom. The number of hydrogen-bond acceptors (Lipinski definition) is 2. The zero-order valence-electron chi connectivity index (χ0n) is 12.0. The van der Waals surface area contributed by atoms with Crippen LogP contribution in [-0.2, 0) is 11.3 Å². The summed E-state index contributed by atoms with van der Waals surface area (Å²) < 4.78 is 5.41. The van der Waals surface area contributed by atoms with Crippen LogP contribution in [0.25, 0.3) is 0 Å². The average Bonchev–Trinajstić information content (AvgIpc) is 3.04. The van der Waals surface area contributed by atoms with E-state index >= 15 is 0 Å². The van der Waals surface area contributed by atoms with E-state index in [9.17, 15) is 4.79 Å². The summed E-state index contributed by atoms with van der Waals surface area (Å²) in [5.74, 6) is 0. The summed E-state index contributed by atoms with van der Waals surface area (Å²) in [6.07, 6.45) is 3.67. The van der Waals surface area contributed by atoms with Crippen LogP contribution in [0.1, 0.15) is 17.2 Å². The highest BCUT2D eigenvalue weighted by Gasteiger charge is 2.27. The molecule has 0 aliphatic carbocycles. The molecule has 1 aliphatic heterocycles. The molecule has 0 radical (unpaired) electrons. The topological polar surface area (TPSA) is 29.5 Å². The van der Waals surface area contributed by atoms with Gasteiger partial charge in [0.05, 0.1) is 6.04 Å². The molecule has 3 rings (SSSR count). The quantitative estimate of drug-likeness (QED) is 0.776. The zero-order valence-corrected chi connectivity index (χ0v) is 12.7. The molecule has 0 aromatic heterocycles. The van der Waals surface area contributed by atoms with Gasteiger partial charge in [-0.25, -0.2) is 4.79 Å². The van der Waals surface area contributed by atoms with Crippen molar-refractivity contribution < 1.29 is 9.53 Å². The molecule has 0 N–H and O–H groups in total. The highest BCUT2D eigenvalue weighted by atomic mass is 35.5. The Bertz CT molecular complexity index is 667. The first-order valence-corrected chi connectivity index (χ1v) is 7.51. The Morgan fingerprint density at radius 3 is 2.59 bits per heavy atom. The van der Waals surface area contributed by atoms with Crippen LogP contribution in [0.2, 0.25) is 5.02 Å². The second kappa shape index (κ2) is 6.67. The highest BCUT2D eigenvalue weighted by Crippen LogP contribution is 2.28. The van der Waals surface area contributed by atoms with Crippen LogP contribution in [0.15, 0.2) is 66.7 Å². The number of carbonyl (C=O) groups excluding carboxylic acids is 1. The van der Waals surface area contributed by atoms with Crippen molar-refractivity contribution in [3.63, 3.8) is 0 Å². The Labute approximate surface area is 134 Å². The maximum Gasteiger partial charge on any atom is 0.411 e. The molecule has 0 spiro atoms. The fraction of sp³-hybridized carbons (Fsp3) is 0.167. The van der Waals surface area contributed by atoms with Gasteiger partial charge in [-0.3, -0.25) is 4.90 Å². The van der Waals surface area contributed by atoms with Gasteiger partial charge in [-0.2, -0.15) is 0 Å². The van der Waals surface area contributed by atoms with E-state index in [0.717, 1.165) is 11.1 Å². The summed E-state index contributed by atoms with van der Waals surface area (Å²) in [5.41, 5.74) is 2.00. The molecule has 0 fully saturated rings. The number of halogens is 1. The van der Waals surface area contributed by atoms with Gasteiger partial charge >= 0.3 is 6.09 Å². The number of ether oxygens (including phenoxy) is 1. The molecule has 1 amide bonds. The van der Waals surface area contributed by atoms with Gasteiger partial charge in [0.15, 0.2) is 0 Å². The number of amides is 1. The second-order valence-electron chi connectivity index (χ2n) is 5.12. The summed E-state index contributed by atoms with van der Waals surface area (Å²) in [5, 5.41) is 0.684. The van der Waals surface area contributed by atoms with Crippen LogP contribution in [0.3, 0.4) is 0 Å². The lowest BCUT2D eigenvalue weighted by molar-refractivity contribution is 0.0949. The third kappa shape index (κ3) is 3.31.